The molecule has 2 aromatic heterocycles. The molecule has 3 saturated heterocycles. The number of para-hydroxylation sites is 2. The zero-order valence-corrected chi connectivity index (χ0v) is 78.1. The lowest BCUT2D eigenvalue weighted by Crippen LogP contribution is -2.62. The molecule has 0 bridgehead atoms. The second-order valence-corrected chi connectivity index (χ2v) is 36.2. The average Bonchev–Trinajstić information content (AvgIpc) is 1.64. The van der Waals surface area contributed by atoms with Crippen molar-refractivity contribution < 1.29 is 102 Å². The number of thioether (sulfide) groups is 1. The number of carbonyl (C=O) groups excluding carboxylic acids is 17. The molecule has 0 spiro atoms. The van der Waals surface area contributed by atoms with Crippen molar-refractivity contribution in [2.45, 2.75) is 248 Å². The minimum Gasteiger partial charge on any atom is -0.508 e. The highest BCUT2D eigenvalue weighted by molar-refractivity contribution is 8.00. The molecule has 3 aliphatic rings. The highest BCUT2D eigenvalue weighted by Crippen LogP contribution is 2.28. The Morgan fingerprint density at radius 3 is 1.77 bits per heavy atom. The van der Waals surface area contributed by atoms with Crippen LogP contribution in [0, 0.1) is 11.8 Å². The van der Waals surface area contributed by atoms with Crippen molar-refractivity contribution in [2.24, 2.45) is 34.8 Å². The summed E-state index contributed by atoms with van der Waals surface area (Å²) < 4.78 is 1.31. The van der Waals surface area contributed by atoms with E-state index in [9.17, 15) is 68.1 Å². The summed E-state index contributed by atoms with van der Waals surface area (Å²) in [5.41, 5.74) is 25.5. The van der Waals surface area contributed by atoms with Gasteiger partial charge in [-0.25, -0.2) is 0 Å². The molecule has 0 radical (unpaired) electrons. The predicted octanol–water partition coefficient (Wildman–Crippen LogP) is -2.84. The number of aliphatic carboxylic acids is 1. The predicted molar refractivity (Wildman–Crippen MR) is 492 cm³/mol. The number of carboxylic acid groups (broad SMARTS) is 1. The van der Waals surface area contributed by atoms with Crippen molar-refractivity contribution >= 4 is 140 Å². The molecule has 5 heterocycles. The maximum Gasteiger partial charge on any atom is 0.309 e. The largest absolute Gasteiger partial charge is 0.508 e. The number of carbonyl (C=O) groups is 18. The number of aliphatic hydroxyl groups excluding tert-OH is 1. The second-order valence-electron chi connectivity index (χ2n) is 35.1. The molecule has 134 heavy (non-hydrogen) atoms. The Morgan fingerprint density at radius 1 is 0.567 bits per heavy atom. The van der Waals surface area contributed by atoms with E-state index in [0.29, 0.717) is 58.6 Å². The van der Waals surface area contributed by atoms with Crippen LogP contribution >= 0.6 is 11.8 Å². The Hall–Kier alpha value is -12.8. The van der Waals surface area contributed by atoms with Crippen LogP contribution in [0.5, 0.6) is 5.75 Å². The summed E-state index contributed by atoms with van der Waals surface area (Å²) in [5.74, 6) is -19.0. The normalized spacial score (nSPS) is 24.9. The van der Waals surface area contributed by atoms with Crippen LogP contribution in [0.15, 0.2) is 79.0 Å². The van der Waals surface area contributed by atoms with Crippen LogP contribution in [-0.4, -0.2) is 317 Å². The van der Waals surface area contributed by atoms with Crippen LogP contribution in [0.2, 0.25) is 0 Å². The summed E-state index contributed by atoms with van der Waals surface area (Å²) in [5, 5.41) is 63.8. The van der Waals surface area contributed by atoms with Gasteiger partial charge in [-0.05, 0) is 106 Å². The lowest BCUT2D eigenvalue weighted by Gasteiger charge is -2.36. The molecular formula is C90H130N22O21S. The number of likely N-dealkylation sites (N-methyl/N-ethyl adjacent to an activating group) is 3. The lowest BCUT2D eigenvalue weighted by atomic mass is 10.00. The summed E-state index contributed by atoms with van der Waals surface area (Å²) in [4.78, 5) is 270. The number of aliphatic hydroxyl groups is 1. The first-order valence-corrected chi connectivity index (χ1v) is 46.4. The molecular weight excluding hydrogens is 1760 g/mol. The molecule has 44 heteroatoms. The van der Waals surface area contributed by atoms with Crippen LogP contribution < -0.4 is 76.1 Å². The number of aromatic amines is 1. The van der Waals surface area contributed by atoms with E-state index in [1.165, 1.54) is 57.0 Å². The van der Waals surface area contributed by atoms with Gasteiger partial charge in [0, 0.05) is 88.3 Å². The summed E-state index contributed by atoms with van der Waals surface area (Å²) in [6, 6.07) is -2.56. The number of aromatic nitrogens is 3. The Morgan fingerprint density at radius 2 is 1.13 bits per heavy atom. The molecule has 732 valence electrons. The number of phenols is 1. The number of aromatic hydroxyl groups is 1. The minimum absolute atomic E-state index is 0.00679. The van der Waals surface area contributed by atoms with Gasteiger partial charge in [-0.15, -0.1) is 11.8 Å². The van der Waals surface area contributed by atoms with E-state index in [1.54, 1.807) is 82.4 Å². The Balaban J connectivity index is 1.21. The lowest BCUT2D eigenvalue weighted by molar-refractivity contribution is -0.149. The monoisotopic (exact) mass is 1890 g/mol. The molecule has 3 aromatic carbocycles. The van der Waals surface area contributed by atoms with Crippen LogP contribution in [0.3, 0.4) is 0 Å². The number of rotatable bonds is 26. The van der Waals surface area contributed by atoms with Crippen molar-refractivity contribution in [3.8, 4) is 5.75 Å². The number of carboxylic acids is 1. The summed E-state index contributed by atoms with van der Waals surface area (Å²) in [6.45, 7) is 9.19. The van der Waals surface area contributed by atoms with Gasteiger partial charge in [0.15, 0.2) is 0 Å². The van der Waals surface area contributed by atoms with Gasteiger partial charge in [0.05, 0.1) is 49.0 Å². The van der Waals surface area contributed by atoms with Gasteiger partial charge in [-0.2, -0.15) is 5.10 Å². The summed E-state index contributed by atoms with van der Waals surface area (Å²) >= 11 is 0.782. The third kappa shape index (κ3) is 29.3. The molecule has 5 aromatic rings. The van der Waals surface area contributed by atoms with Gasteiger partial charge in [0.25, 0.3) is 0 Å². The fraction of sp³-hybridized carbons (Fsp3) is 0.567. The maximum atomic E-state index is 15.9. The molecule has 0 aliphatic carbocycles. The SMILES string of the molecule is CCCC[C@H]1C(=O)N(C)[C@@H](CCCC)C(=O)N[C@@H](CC(C)C)C(=O)N[C@H](C(=O)NCC(N)=O)CSCC(=O)N[C@@H](Cc2ccc(O)cc2)C(=O)N(C)[C@@H](C)C(=O)N[C@@H](CC(N)=O)C(=O)N2CCC[C@H]2C(=O)N[C@@H](CN)C(=O)N[C@@H](CC(C)C)C(=O)N2C[C@H](O)C[C@H]2C(=O)N[C@@H](Cc2c[nH]c3ccccc23)C(=O)N[C@@H](CCN)C(=O)N[C@@H](Cn2nc(CC(=O)O)c3ccccc32)C(=O)N1C. The number of hydrogen-bond donors (Lipinski definition) is 18. The molecule has 3 fully saturated rings. The zero-order valence-electron chi connectivity index (χ0n) is 77.3. The van der Waals surface area contributed by atoms with Gasteiger partial charge in [-0.1, -0.05) is 116 Å². The number of nitrogens with zero attached hydrogens (tertiary/aromatic N) is 7. The molecule has 43 nitrogen and oxygen atoms in total. The highest BCUT2D eigenvalue weighted by Gasteiger charge is 2.47. The number of hydrogen-bond acceptors (Lipinski definition) is 24. The zero-order chi connectivity index (χ0) is 98.6. The van der Waals surface area contributed by atoms with Gasteiger partial charge in [0.2, 0.25) is 100 Å². The molecule has 8 rings (SSSR count). The maximum absolute atomic E-state index is 15.9. The quantitative estimate of drug-likeness (QED) is 0.0265. The first kappa shape index (κ1) is 107. The van der Waals surface area contributed by atoms with E-state index in [2.05, 4.69) is 63.3 Å². The van der Waals surface area contributed by atoms with Crippen LogP contribution in [0.4, 0.5) is 0 Å². The average molecular weight is 1890 g/mol. The van der Waals surface area contributed by atoms with E-state index in [-0.39, 0.29) is 94.2 Å². The third-order valence-corrected chi connectivity index (χ3v) is 24.9. The molecule has 17 amide bonds. The van der Waals surface area contributed by atoms with E-state index in [4.69, 9.17) is 22.9 Å². The summed E-state index contributed by atoms with van der Waals surface area (Å²) in [6.07, 6.45) is -0.882. The van der Waals surface area contributed by atoms with E-state index in [1.807, 2.05) is 13.8 Å². The van der Waals surface area contributed by atoms with Gasteiger partial charge < -0.3 is 121 Å². The van der Waals surface area contributed by atoms with E-state index >= 15 is 33.6 Å². The van der Waals surface area contributed by atoms with E-state index < -0.39 is 254 Å². The number of H-pyrrole nitrogens is 1. The summed E-state index contributed by atoms with van der Waals surface area (Å²) in [7, 11) is 3.88. The standard InChI is InChI=1S/C90H130N22O21S/c1-11-13-23-69-83(126)99-60(34-48(3)4)80(123)105-67(78(121)96-43-74(94)116)46-134-47-75(117)97-63(36-51-27-29-53(113)30-28-51)86(129)107(8)50(7)77(120)101-64(39-73(93)115)88(131)110-33-19-26-70(110)84(127)103-65(41-92)82(125)102-62(35-49(5)6)89(132)111-44-54(114)38-72(111)85(128)100-61(37-52-42-95-57-22-17-15-20-55(52)57)81(124)98-58(31-32-91)79(122)104-66(87(130)109(10)71(24-14-12-2)90(133)108(69)9)45-112-68-25-18-16-21-56(68)59(106-112)40-76(118)119/h15-18,20-22,25,27-30,42,48-50,54,58,60-67,69-72,95,113-114H,11-14,19,23-24,26,31-41,43-47,91-92H2,1-10H3,(H2,93,115)(H2,94,116)(H,96,121)(H,97,117)(H,98,124)(H,99,126)(H,100,128)(H,101,120)(H,102,125)(H,103,127)(H,104,122)(H,105,123)(H,118,119)/t50-,54+,58-,60-,61-,62-,63-,64-,65-,66-,67-,69-,70-,71-,72-/m0/s1. The molecule has 0 unspecified atom stereocenters. The van der Waals surface area contributed by atoms with Gasteiger partial charge in [0.1, 0.15) is 90.3 Å². The number of primary amides is 2. The van der Waals surface area contributed by atoms with Gasteiger partial charge in [-0.3, -0.25) is 91.0 Å². The number of nitrogens with two attached hydrogens (primary N) is 4. The van der Waals surface area contributed by atoms with Crippen molar-refractivity contribution in [2.75, 3.05) is 65.4 Å². The van der Waals surface area contributed by atoms with Crippen molar-refractivity contribution in [3.63, 3.8) is 0 Å². The highest BCUT2D eigenvalue weighted by atomic mass is 32.2. The van der Waals surface area contributed by atoms with Crippen LogP contribution in [-0.2, 0) is 112 Å². The van der Waals surface area contributed by atoms with Crippen LogP contribution in [0.25, 0.3) is 21.8 Å². The van der Waals surface area contributed by atoms with Crippen molar-refractivity contribution in [1.82, 2.24) is 92.4 Å². The molecule has 15 atom stereocenters. The molecule has 0 saturated carbocycles. The first-order chi connectivity index (χ1) is 63.6. The fourth-order valence-corrected chi connectivity index (χ4v) is 17.4. The number of fused-ring (bicyclic) bond motifs is 4. The Labute approximate surface area is 780 Å². The molecule has 22 N–H and O–H groups in total. The first-order valence-electron chi connectivity index (χ1n) is 45.2. The van der Waals surface area contributed by atoms with Gasteiger partial charge >= 0.3 is 5.97 Å². The smallest absolute Gasteiger partial charge is 0.309 e. The van der Waals surface area contributed by atoms with Crippen molar-refractivity contribution in [3.05, 3.63) is 95.8 Å². The number of unbranched alkanes of at least 4 members (excludes halogenated alkanes) is 2. The number of phenolic OH excluding ortho intramolecular Hbond substituents is 1. The topological polar surface area (TPSA) is 642 Å². The Bertz CT molecular complexity index is 5050. The number of nitrogens with one attached hydrogen (secondary N) is 11. The number of amides is 17. The van der Waals surface area contributed by atoms with E-state index in [0.717, 1.165) is 36.3 Å². The van der Waals surface area contributed by atoms with Crippen molar-refractivity contribution in [1.29, 1.82) is 0 Å². The Kier molecular flexibility index (Phi) is 40.0. The third-order valence-electron chi connectivity index (χ3n) is 23.9. The minimum atomic E-state index is -1.77. The number of benzene rings is 3. The van der Waals surface area contributed by atoms with Crippen LogP contribution in [0.1, 0.15) is 149 Å². The fourth-order valence-electron chi connectivity index (χ4n) is 16.6. The second kappa shape index (κ2) is 50.3. The molecule has 3 aliphatic heterocycles.